The molecule has 1 N–H and O–H groups in total. The van der Waals surface area contributed by atoms with Crippen LogP contribution < -0.4 is 9.46 Å². The van der Waals surface area contributed by atoms with Crippen LogP contribution >= 0.6 is 0 Å². The highest BCUT2D eigenvalue weighted by molar-refractivity contribution is 7.87. The first-order valence-corrected chi connectivity index (χ1v) is 15.7. The van der Waals surface area contributed by atoms with Gasteiger partial charge in [0.05, 0.1) is 17.5 Å². The second kappa shape index (κ2) is 11.8. The third-order valence-electron chi connectivity index (χ3n) is 7.70. The lowest BCUT2D eigenvalue weighted by atomic mass is 9.95. The Morgan fingerprint density at radius 2 is 1.75 bits per heavy atom. The maximum atomic E-state index is 13.3. The van der Waals surface area contributed by atoms with Gasteiger partial charge in [0.1, 0.15) is 5.69 Å². The quantitative estimate of drug-likeness (QED) is 0.404. The Bertz CT molecular complexity index is 1450. The number of hydrogen-bond acceptors (Lipinski definition) is 7. The van der Waals surface area contributed by atoms with Gasteiger partial charge in [-0.05, 0) is 69.8 Å². The molecule has 3 aromatic rings. The molecule has 1 aliphatic carbocycles. The molecule has 0 bridgehead atoms. The van der Waals surface area contributed by atoms with Crippen LogP contribution in [0.2, 0.25) is 0 Å². The topological polar surface area (TPSA) is 110 Å². The van der Waals surface area contributed by atoms with Gasteiger partial charge in [-0.2, -0.15) is 12.7 Å². The highest BCUT2D eigenvalue weighted by Gasteiger charge is 2.28. The van der Waals surface area contributed by atoms with Crippen molar-refractivity contribution >= 4 is 27.1 Å². The Hall–Kier alpha value is -3.02. The van der Waals surface area contributed by atoms with E-state index in [-0.39, 0.29) is 17.8 Å². The summed E-state index contributed by atoms with van der Waals surface area (Å²) in [5.74, 6) is -0.308. The lowest BCUT2D eigenvalue weighted by molar-refractivity contribution is 0.0975. The number of hydrogen-bond donors (Lipinski definition) is 1. The molecule has 5 rings (SSSR count). The molecule has 1 saturated carbocycles. The van der Waals surface area contributed by atoms with Crippen molar-refractivity contribution in [3.8, 4) is 17.0 Å². The zero-order valence-corrected chi connectivity index (χ0v) is 24.7. The molecule has 2 aliphatic rings. The normalized spacial score (nSPS) is 17.2. The van der Waals surface area contributed by atoms with Crippen molar-refractivity contribution in [3.05, 3.63) is 41.6 Å². The van der Waals surface area contributed by atoms with Crippen LogP contribution in [-0.4, -0.2) is 71.6 Å². The Labute approximate surface area is 236 Å². The molecule has 11 heteroatoms. The van der Waals surface area contributed by atoms with Crippen LogP contribution in [0.15, 0.2) is 30.3 Å². The third kappa shape index (κ3) is 6.16. The number of ether oxygens (including phenoxy) is 1. The summed E-state index contributed by atoms with van der Waals surface area (Å²) >= 11 is 0. The molecular formula is C29H40N6O4S. The molecule has 1 amide bonds. The predicted octanol–water partition coefficient (Wildman–Crippen LogP) is 4.52. The molecule has 40 heavy (non-hydrogen) atoms. The highest BCUT2D eigenvalue weighted by atomic mass is 32.2. The lowest BCUT2D eigenvalue weighted by Gasteiger charge is -2.22. The van der Waals surface area contributed by atoms with Gasteiger partial charge >= 0.3 is 10.2 Å². The van der Waals surface area contributed by atoms with Gasteiger partial charge in [0.2, 0.25) is 5.88 Å². The summed E-state index contributed by atoms with van der Waals surface area (Å²) < 4.78 is 36.2. The Morgan fingerprint density at radius 1 is 1.07 bits per heavy atom. The van der Waals surface area contributed by atoms with Crippen molar-refractivity contribution in [3.63, 3.8) is 0 Å². The smallest absolute Gasteiger partial charge is 0.303 e. The number of likely N-dealkylation sites (tertiary alicyclic amines) is 1. The van der Waals surface area contributed by atoms with Gasteiger partial charge in [-0.1, -0.05) is 43.5 Å². The number of rotatable bonds is 9. The molecule has 216 valence electrons. The summed E-state index contributed by atoms with van der Waals surface area (Å²) in [5, 5.41) is 5.63. The summed E-state index contributed by atoms with van der Waals surface area (Å²) in [6.07, 6.45) is 7.68. The van der Waals surface area contributed by atoms with E-state index in [1.807, 2.05) is 18.5 Å². The van der Waals surface area contributed by atoms with Crippen molar-refractivity contribution in [2.24, 2.45) is 0 Å². The van der Waals surface area contributed by atoms with Crippen molar-refractivity contribution in [1.29, 1.82) is 0 Å². The van der Waals surface area contributed by atoms with E-state index in [2.05, 4.69) is 33.9 Å². The number of pyridine rings is 1. The highest BCUT2D eigenvalue weighted by Crippen LogP contribution is 2.39. The lowest BCUT2D eigenvalue weighted by Crippen LogP contribution is -2.39. The second-order valence-corrected chi connectivity index (χ2v) is 13.2. The van der Waals surface area contributed by atoms with Crippen LogP contribution in [0.25, 0.3) is 22.2 Å². The first kappa shape index (κ1) is 28.5. The maximum absolute atomic E-state index is 13.3. The molecule has 0 unspecified atom stereocenters. The fourth-order valence-electron chi connectivity index (χ4n) is 5.58. The zero-order chi connectivity index (χ0) is 28.4. The zero-order valence-electron chi connectivity index (χ0n) is 23.9. The SMILES string of the molecule is CC(C)Oc1nn(C2CCCCC2)c2nc(C(=O)NS(=O)(=O)N(C)C)cc(-c3ccc(CN4CCCC4)cc3)c12. The van der Waals surface area contributed by atoms with Gasteiger partial charge in [0.15, 0.2) is 5.65 Å². The minimum atomic E-state index is -3.99. The molecule has 1 aliphatic heterocycles. The second-order valence-electron chi connectivity index (χ2n) is 11.4. The van der Waals surface area contributed by atoms with Crippen LogP contribution in [0.3, 0.4) is 0 Å². The molecule has 2 aromatic heterocycles. The van der Waals surface area contributed by atoms with Crippen LogP contribution in [0.1, 0.15) is 80.9 Å². The van der Waals surface area contributed by atoms with E-state index in [0.717, 1.165) is 66.1 Å². The summed E-state index contributed by atoms with van der Waals surface area (Å²) in [7, 11) is -1.25. The van der Waals surface area contributed by atoms with Gasteiger partial charge in [0, 0.05) is 26.2 Å². The fraction of sp³-hybridized carbons (Fsp3) is 0.552. The van der Waals surface area contributed by atoms with E-state index >= 15 is 0 Å². The number of carbonyl (C=O) groups is 1. The summed E-state index contributed by atoms with van der Waals surface area (Å²) in [5.41, 5.74) is 3.40. The molecular weight excluding hydrogens is 528 g/mol. The molecule has 0 spiro atoms. The third-order valence-corrected chi connectivity index (χ3v) is 9.11. The number of benzene rings is 1. The van der Waals surface area contributed by atoms with E-state index in [9.17, 15) is 13.2 Å². The van der Waals surface area contributed by atoms with E-state index in [1.165, 1.54) is 38.9 Å². The van der Waals surface area contributed by atoms with Crippen molar-refractivity contribution in [1.82, 2.24) is 28.7 Å². The fourth-order valence-corrected chi connectivity index (χ4v) is 6.10. The van der Waals surface area contributed by atoms with Crippen LogP contribution in [0.4, 0.5) is 0 Å². The first-order valence-electron chi connectivity index (χ1n) is 14.3. The molecule has 10 nitrogen and oxygen atoms in total. The van der Waals surface area contributed by atoms with Gasteiger partial charge in [0.25, 0.3) is 5.91 Å². The Kier molecular flexibility index (Phi) is 8.44. The Balaban J connectivity index is 1.64. The number of aromatic nitrogens is 3. The standard InChI is InChI=1S/C29H40N6O4S/c1-20(2)39-29-26-24(22-14-12-21(13-15-22)19-34-16-8-9-17-34)18-25(28(36)32-40(37,38)33(3)4)30-27(26)35(31-29)23-10-6-5-7-11-23/h12-15,18,20,23H,5-11,16-17,19H2,1-4H3,(H,32,36). The molecule has 0 atom stereocenters. The molecule has 2 fully saturated rings. The molecule has 1 aromatic carbocycles. The van der Waals surface area contributed by atoms with Crippen LogP contribution in [0.5, 0.6) is 5.88 Å². The average Bonchev–Trinajstić information content (AvgIpc) is 3.56. The molecule has 1 saturated heterocycles. The van der Waals surface area contributed by atoms with Gasteiger partial charge in [-0.3, -0.25) is 9.69 Å². The number of fused-ring (bicyclic) bond motifs is 1. The number of nitrogens with zero attached hydrogens (tertiary/aromatic N) is 5. The van der Waals surface area contributed by atoms with Gasteiger partial charge in [-0.15, -0.1) is 5.10 Å². The predicted molar refractivity (Wildman–Crippen MR) is 155 cm³/mol. The average molecular weight is 569 g/mol. The molecule has 3 heterocycles. The minimum Gasteiger partial charge on any atom is -0.473 e. The van der Waals surface area contributed by atoms with Crippen molar-refractivity contribution in [2.75, 3.05) is 27.2 Å². The van der Waals surface area contributed by atoms with Crippen molar-refractivity contribution < 1.29 is 17.9 Å². The minimum absolute atomic E-state index is 0.0159. The maximum Gasteiger partial charge on any atom is 0.303 e. The first-order chi connectivity index (χ1) is 19.1. The van der Waals surface area contributed by atoms with E-state index in [0.29, 0.717) is 11.5 Å². The Morgan fingerprint density at radius 3 is 2.38 bits per heavy atom. The van der Waals surface area contributed by atoms with Gasteiger partial charge in [-0.25, -0.2) is 14.4 Å². The van der Waals surface area contributed by atoms with E-state index in [4.69, 9.17) is 14.8 Å². The largest absolute Gasteiger partial charge is 0.473 e. The van der Waals surface area contributed by atoms with E-state index < -0.39 is 16.1 Å². The summed E-state index contributed by atoms with van der Waals surface area (Å²) in [6.45, 7) is 7.07. The monoisotopic (exact) mass is 568 g/mol. The van der Waals surface area contributed by atoms with Crippen LogP contribution in [0, 0.1) is 0 Å². The summed E-state index contributed by atoms with van der Waals surface area (Å²) in [6, 6.07) is 10.1. The number of carbonyl (C=O) groups excluding carboxylic acids is 1. The molecule has 0 radical (unpaired) electrons. The van der Waals surface area contributed by atoms with E-state index in [1.54, 1.807) is 6.07 Å². The summed E-state index contributed by atoms with van der Waals surface area (Å²) in [4.78, 5) is 20.4. The number of nitrogens with one attached hydrogen (secondary N) is 1. The van der Waals surface area contributed by atoms with Crippen molar-refractivity contribution in [2.45, 2.75) is 77.5 Å². The van der Waals surface area contributed by atoms with Crippen LogP contribution in [-0.2, 0) is 16.8 Å². The van der Waals surface area contributed by atoms with Gasteiger partial charge < -0.3 is 4.74 Å². The number of amides is 1.